The van der Waals surface area contributed by atoms with Gasteiger partial charge in [-0.3, -0.25) is 13.7 Å². The van der Waals surface area contributed by atoms with E-state index in [-0.39, 0.29) is 55.4 Å². The second-order valence-corrected chi connectivity index (χ2v) is 21.5. The molecule has 2 unspecified atom stereocenters. The van der Waals surface area contributed by atoms with Gasteiger partial charge < -0.3 is 38.9 Å². The van der Waals surface area contributed by atoms with Crippen molar-refractivity contribution in [3.63, 3.8) is 0 Å². The summed E-state index contributed by atoms with van der Waals surface area (Å²) >= 11 is 0. The molecule has 0 bridgehead atoms. The van der Waals surface area contributed by atoms with E-state index in [0.717, 1.165) is 5.70 Å². The van der Waals surface area contributed by atoms with E-state index in [9.17, 15) is 53.9 Å². The Labute approximate surface area is 397 Å². The number of rotatable bonds is 27. The number of hydrogen-bond donors (Lipinski definition) is 5. The molecular formula is C45H62N3O17S3+. The van der Waals surface area contributed by atoms with E-state index in [1.807, 2.05) is 42.4 Å². The average molecular weight is 1010 g/mol. The lowest BCUT2D eigenvalue weighted by Gasteiger charge is -2.31. The van der Waals surface area contributed by atoms with Gasteiger partial charge in [-0.1, -0.05) is 6.42 Å². The summed E-state index contributed by atoms with van der Waals surface area (Å²) in [5.74, 6) is -2.13. The quantitative estimate of drug-likeness (QED) is 0.0383. The standard InChI is InChI=1S/C45H61N3O17S3/c1-32(28-39-44(2,17-9-27-66(52,53)54)35-30-33(67(55,56)57)12-14-38(35)47(39)20-22-63-25-26-64-24-23-62-5)29-40-45(3,18-21-61-4)36-31-34(68(58,59)60)11-13-37(36)46(40)19-8-6-7-10-43(51)65-48-41(49)15-16-42(48)50/h11-16,28-31H,6-10,17-27H2,1-5H3,(H4-,49,50,52,53,54,55,56,57,58,59,60)/p+1. The van der Waals surface area contributed by atoms with Gasteiger partial charge in [0.2, 0.25) is 17.4 Å². The van der Waals surface area contributed by atoms with Gasteiger partial charge >= 0.3 is 5.97 Å². The number of hydrogen-bond acceptors (Lipinski definition) is 15. The molecule has 5 rings (SSSR count). The molecule has 0 saturated carbocycles. The molecule has 5 N–H and O–H groups in total. The normalized spacial score (nSPS) is 19.3. The highest BCUT2D eigenvalue weighted by molar-refractivity contribution is 7.86. The van der Waals surface area contributed by atoms with Crippen LogP contribution in [0.1, 0.15) is 76.8 Å². The second kappa shape index (κ2) is 22.8. The highest BCUT2D eigenvalue weighted by Crippen LogP contribution is 2.51. The van der Waals surface area contributed by atoms with Crippen LogP contribution in [0.5, 0.6) is 11.8 Å². The molecule has 0 aliphatic carbocycles. The fraction of sp³-hybridized carbons (Fsp3) is 0.511. The van der Waals surface area contributed by atoms with Gasteiger partial charge in [-0.15, -0.1) is 4.73 Å². The first-order chi connectivity index (χ1) is 31.9. The summed E-state index contributed by atoms with van der Waals surface area (Å²) in [6.45, 7) is 8.08. The number of carbonyl (C=O) groups is 1. The highest BCUT2D eigenvalue weighted by Gasteiger charge is 2.49. The fourth-order valence-corrected chi connectivity index (χ4v) is 10.2. The highest BCUT2D eigenvalue weighted by atomic mass is 32.2. The number of methoxy groups -OCH3 is 2. The third-order valence-corrected chi connectivity index (χ3v) is 14.6. The Balaban J connectivity index is 1.58. The zero-order valence-electron chi connectivity index (χ0n) is 38.8. The van der Waals surface area contributed by atoms with Crippen LogP contribution in [-0.4, -0.2) is 143 Å². The zero-order valence-corrected chi connectivity index (χ0v) is 41.2. The van der Waals surface area contributed by atoms with Crippen molar-refractivity contribution in [3.05, 3.63) is 83.1 Å². The molecule has 1 aromatic heterocycles. The fourth-order valence-electron chi connectivity index (χ4n) is 8.68. The van der Waals surface area contributed by atoms with E-state index in [0.29, 0.717) is 90.6 Å². The number of fused-ring (bicyclic) bond motifs is 2. The third kappa shape index (κ3) is 13.3. The summed E-state index contributed by atoms with van der Waals surface area (Å²) in [4.78, 5) is 19.0. The lowest BCUT2D eigenvalue weighted by atomic mass is 9.75. The Morgan fingerprint density at radius 1 is 0.721 bits per heavy atom. The van der Waals surface area contributed by atoms with Crippen LogP contribution in [0.3, 0.4) is 0 Å². The van der Waals surface area contributed by atoms with Crippen molar-refractivity contribution in [1.29, 1.82) is 0 Å². The number of unbranched alkanes of at least 4 members (excludes halogenated alkanes) is 2. The lowest BCUT2D eigenvalue weighted by Crippen LogP contribution is -2.33. The van der Waals surface area contributed by atoms with Gasteiger partial charge in [-0.2, -0.15) is 29.8 Å². The molecule has 2 aliphatic heterocycles. The molecule has 0 amide bonds. The number of nitrogens with zero attached hydrogens (tertiary/aromatic N) is 3. The SMILES string of the molecule is COCCOCCOCC[N+]1=C(C=C(C)C=C2N(CCCCCC(=O)On3c(O)ccc3O)c3ccc(S(=O)(=O)O)cc3C2(C)CCOC)C(C)(CCCS(=O)(=O)O)c2cc(S(=O)(=O)O)ccc21. The summed E-state index contributed by atoms with van der Waals surface area (Å²) in [7, 11) is -10.6. The van der Waals surface area contributed by atoms with Crippen LogP contribution in [0.4, 0.5) is 11.4 Å². The first-order valence-corrected chi connectivity index (χ1v) is 26.4. The first-order valence-electron chi connectivity index (χ1n) is 21.9. The number of aromatic hydroxyl groups is 2. The number of aromatic nitrogens is 1. The molecule has 0 saturated heterocycles. The van der Waals surface area contributed by atoms with Gasteiger partial charge in [0.05, 0.1) is 47.4 Å². The van der Waals surface area contributed by atoms with Crippen molar-refractivity contribution < 1.29 is 82.3 Å². The molecule has 0 fully saturated rings. The Kier molecular flexibility index (Phi) is 18.2. The Morgan fingerprint density at radius 2 is 1.32 bits per heavy atom. The van der Waals surface area contributed by atoms with E-state index in [1.165, 1.54) is 36.4 Å². The van der Waals surface area contributed by atoms with Crippen molar-refractivity contribution in [1.82, 2.24) is 4.73 Å². The predicted molar refractivity (Wildman–Crippen MR) is 250 cm³/mol. The van der Waals surface area contributed by atoms with Crippen LogP contribution in [-0.2, 0) is 64.9 Å². The number of ether oxygens (including phenoxy) is 4. The molecule has 2 atom stereocenters. The van der Waals surface area contributed by atoms with Crippen LogP contribution in [0.2, 0.25) is 0 Å². The molecule has 68 heavy (non-hydrogen) atoms. The number of benzene rings is 2. The van der Waals surface area contributed by atoms with E-state index in [2.05, 4.69) is 0 Å². The summed E-state index contributed by atoms with van der Waals surface area (Å²) in [5, 5.41) is 19.7. The van der Waals surface area contributed by atoms with Gasteiger partial charge in [0, 0.05) is 80.4 Å². The summed E-state index contributed by atoms with van der Waals surface area (Å²) in [6.07, 6.45) is 5.75. The largest absolute Gasteiger partial charge is 0.492 e. The Morgan fingerprint density at radius 3 is 1.94 bits per heavy atom. The molecule has 0 spiro atoms. The lowest BCUT2D eigenvalue weighted by molar-refractivity contribution is -0.442. The monoisotopic (exact) mass is 1010 g/mol. The smallest absolute Gasteiger partial charge is 0.333 e. The van der Waals surface area contributed by atoms with Crippen molar-refractivity contribution in [2.45, 2.75) is 86.3 Å². The maximum Gasteiger partial charge on any atom is 0.333 e. The molecule has 2 aromatic carbocycles. The molecule has 23 heteroatoms. The van der Waals surface area contributed by atoms with E-state index in [4.69, 9.17) is 23.8 Å². The van der Waals surface area contributed by atoms with Crippen LogP contribution in [0.25, 0.3) is 0 Å². The van der Waals surface area contributed by atoms with Crippen LogP contribution < -0.4 is 9.74 Å². The van der Waals surface area contributed by atoms with Crippen LogP contribution in [0.15, 0.2) is 81.7 Å². The van der Waals surface area contributed by atoms with Gasteiger partial charge in [-0.05, 0) is 100 Å². The molecular weight excluding hydrogens is 951 g/mol. The maximum atomic E-state index is 12.6. The second-order valence-electron chi connectivity index (χ2n) is 17.0. The summed E-state index contributed by atoms with van der Waals surface area (Å²) in [6, 6.07) is 11.0. The van der Waals surface area contributed by atoms with Crippen LogP contribution >= 0.6 is 0 Å². The van der Waals surface area contributed by atoms with Crippen LogP contribution in [0, 0.1) is 0 Å². The third-order valence-electron chi connectivity index (χ3n) is 12.1. The topological polar surface area (TPSA) is 278 Å². The van der Waals surface area contributed by atoms with Crippen molar-refractivity contribution in [3.8, 4) is 11.8 Å². The Hall–Kier alpha value is -4.69. The van der Waals surface area contributed by atoms with E-state index < -0.39 is 64.7 Å². The molecule has 0 radical (unpaired) electrons. The number of carbonyl (C=O) groups excluding carboxylic acids is 1. The van der Waals surface area contributed by atoms with Crippen molar-refractivity contribution in [2.75, 3.05) is 77.6 Å². The number of allylic oxidation sites excluding steroid dienone is 4. The van der Waals surface area contributed by atoms with E-state index >= 15 is 0 Å². The molecule has 376 valence electrons. The molecule has 3 aromatic rings. The zero-order chi connectivity index (χ0) is 50.1. The minimum Gasteiger partial charge on any atom is -0.492 e. The van der Waals surface area contributed by atoms with Gasteiger partial charge in [-0.25, -0.2) is 4.79 Å². The minimum atomic E-state index is -4.67. The molecule has 2 aliphatic rings. The molecule has 3 heterocycles. The Bertz CT molecular complexity index is 2710. The minimum absolute atomic E-state index is 0.0190. The predicted octanol–water partition coefficient (Wildman–Crippen LogP) is 4.96. The van der Waals surface area contributed by atoms with Crippen molar-refractivity contribution in [2.24, 2.45) is 0 Å². The van der Waals surface area contributed by atoms with Gasteiger partial charge in [0.1, 0.15) is 6.61 Å². The van der Waals surface area contributed by atoms with Crippen molar-refractivity contribution >= 4 is 53.4 Å². The summed E-state index contributed by atoms with van der Waals surface area (Å²) in [5.41, 5.74) is 2.40. The molecule has 20 nitrogen and oxygen atoms in total. The van der Waals surface area contributed by atoms with Gasteiger partial charge in [0.25, 0.3) is 30.4 Å². The van der Waals surface area contributed by atoms with Gasteiger partial charge in [0.15, 0.2) is 12.3 Å². The first kappa shape index (κ1) is 54.3. The maximum absolute atomic E-state index is 12.6. The number of anilines is 1. The average Bonchev–Trinajstić information content (AvgIpc) is 3.78. The summed E-state index contributed by atoms with van der Waals surface area (Å²) < 4.78 is 128. The van der Waals surface area contributed by atoms with E-state index in [1.54, 1.807) is 26.4 Å².